The van der Waals surface area contributed by atoms with Gasteiger partial charge in [-0.3, -0.25) is 0 Å². The predicted octanol–water partition coefficient (Wildman–Crippen LogP) is 2.72. The average Bonchev–Trinajstić information content (AvgIpc) is 3.21. The summed E-state index contributed by atoms with van der Waals surface area (Å²) in [7, 11) is 0. The molecular formula is C16H31NO4. The lowest BCUT2D eigenvalue weighted by Crippen LogP contribution is -2.44. The maximum atomic E-state index is 11.8. The number of nitrogens with one attached hydrogen (secondary N) is 1. The lowest BCUT2D eigenvalue weighted by molar-refractivity contribution is 0.0288. The first-order valence-electron chi connectivity index (χ1n) is 7.98. The van der Waals surface area contributed by atoms with Crippen molar-refractivity contribution in [3.63, 3.8) is 0 Å². The Hall–Kier alpha value is -0.810. The number of aliphatic hydroxyl groups is 1. The fourth-order valence-corrected chi connectivity index (χ4v) is 2.48. The molecule has 0 saturated heterocycles. The van der Waals surface area contributed by atoms with E-state index in [9.17, 15) is 9.90 Å². The Morgan fingerprint density at radius 2 is 1.95 bits per heavy atom. The summed E-state index contributed by atoms with van der Waals surface area (Å²) in [6, 6.07) is 0. The molecule has 1 atom stereocenters. The van der Waals surface area contributed by atoms with E-state index in [1.165, 1.54) is 0 Å². The number of aliphatic hydroxyl groups excluding tert-OH is 1. The summed E-state index contributed by atoms with van der Waals surface area (Å²) in [5, 5.41) is 12.7. The van der Waals surface area contributed by atoms with Crippen molar-refractivity contribution in [2.75, 3.05) is 26.4 Å². The zero-order valence-corrected chi connectivity index (χ0v) is 13.9. The third kappa shape index (κ3) is 6.66. The minimum Gasteiger partial charge on any atom is -0.444 e. The number of amides is 1. The highest BCUT2D eigenvalue weighted by Crippen LogP contribution is 2.47. The van der Waals surface area contributed by atoms with Gasteiger partial charge in [0.05, 0.1) is 6.61 Å². The third-order valence-corrected chi connectivity index (χ3v) is 3.83. The highest BCUT2D eigenvalue weighted by atomic mass is 16.6. The van der Waals surface area contributed by atoms with Gasteiger partial charge in [-0.15, -0.1) is 0 Å². The van der Waals surface area contributed by atoms with Gasteiger partial charge in [0.2, 0.25) is 0 Å². The molecule has 1 aliphatic rings. The quantitative estimate of drug-likeness (QED) is 0.643. The van der Waals surface area contributed by atoms with E-state index in [1.54, 1.807) is 0 Å². The first kappa shape index (κ1) is 18.2. The van der Waals surface area contributed by atoms with E-state index in [0.29, 0.717) is 19.1 Å². The van der Waals surface area contributed by atoms with Gasteiger partial charge >= 0.3 is 6.09 Å². The molecule has 0 bridgehead atoms. The van der Waals surface area contributed by atoms with Gasteiger partial charge in [-0.1, -0.05) is 6.92 Å². The summed E-state index contributed by atoms with van der Waals surface area (Å²) in [6.45, 7) is 9.47. The van der Waals surface area contributed by atoms with Gasteiger partial charge in [0.1, 0.15) is 5.60 Å². The van der Waals surface area contributed by atoms with Crippen LogP contribution in [0.5, 0.6) is 0 Å². The van der Waals surface area contributed by atoms with Crippen molar-refractivity contribution < 1.29 is 19.4 Å². The van der Waals surface area contributed by atoms with Crippen molar-refractivity contribution in [2.24, 2.45) is 11.3 Å². The van der Waals surface area contributed by atoms with Crippen LogP contribution in [0, 0.1) is 11.3 Å². The van der Waals surface area contributed by atoms with Gasteiger partial charge in [-0.05, 0) is 52.4 Å². The van der Waals surface area contributed by atoms with Crippen LogP contribution in [-0.2, 0) is 9.47 Å². The molecule has 0 aliphatic heterocycles. The fourth-order valence-electron chi connectivity index (χ4n) is 2.48. The van der Waals surface area contributed by atoms with Crippen LogP contribution in [0.2, 0.25) is 0 Å². The average molecular weight is 301 g/mol. The normalized spacial score (nSPS) is 18.1. The predicted molar refractivity (Wildman–Crippen MR) is 82.2 cm³/mol. The molecule has 0 spiro atoms. The van der Waals surface area contributed by atoms with Crippen molar-refractivity contribution in [3.8, 4) is 0 Å². The van der Waals surface area contributed by atoms with Crippen LogP contribution in [0.1, 0.15) is 53.4 Å². The topological polar surface area (TPSA) is 67.8 Å². The Morgan fingerprint density at radius 3 is 2.43 bits per heavy atom. The molecule has 1 fully saturated rings. The van der Waals surface area contributed by atoms with Gasteiger partial charge in [0.15, 0.2) is 0 Å². The minimum atomic E-state index is -0.504. The van der Waals surface area contributed by atoms with Crippen LogP contribution in [0.3, 0.4) is 0 Å². The summed E-state index contributed by atoms with van der Waals surface area (Å²) in [6.07, 6.45) is 3.57. The van der Waals surface area contributed by atoms with Gasteiger partial charge < -0.3 is 19.9 Å². The number of rotatable bonds is 9. The first-order valence-corrected chi connectivity index (χ1v) is 7.98. The summed E-state index contributed by atoms with van der Waals surface area (Å²) in [4.78, 5) is 11.8. The molecule has 21 heavy (non-hydrogen) atoms. The molecule has 2 N–H and O–H groups in total. The van der Waals surface area contributed by atoms with Gasteiger partial charge in [0, 0.05) is 25.2 Å². The number of hydrogen-bond acceptors (Lipinski definition) is 4. The zero-order valence-electron chi connectivity index (χ0n) is 13.9. The Balaban J connectivity index is 2.47. The molecule has 1 rings (SSSR count). The molecule has 5 nitrogen and oxygen atoms in total. The monoisotopic (exact) mass is 301 g/mol. The maximum absolute atomic E-state index is 11.8. The Morgan fingerprint density at radius 1 is 1.29 bits per heavy atom. The SMILES string of the molecule is CCCOCCC(CO)(CNC(=O)OC(C)(C)C)C1CC1. The molecule has 0 aromatic rings. The van der Waals surface area contributed by atoms with Crippen molar-refractivity contribution in [2.45, 2.75) is 59.0 Å². The maximum Gasteiger partial charge on any atom is 0.407 e. The van der Waals surface area contributed by atoms with Crippen LogP contribution in [-0.4, -0.2) is 43.2 Å². The van der Waals surface area contributed by atoms with Crippen LogP contribution in [0.25, 0.3) is 0 Å². The molecule has 5 heteroatoms. The number of carbonyl (C=O) groups is 1. The van der Waals surface area contributed by atoms with Crippen LogP contribution >= 0.6 is 0 Å². The molecule has 0 aromatic heterocycles. The van der Waals surface area contributed by atoms with E-state index >= 15 is 0 Å². The third-order valence-electron chi connectivity index (χ3n) is 3.83. The van der Waals surface area contributed by atoms with Gasteiger partial charge in [-0.25, -0.2) is 4.79 Å². The van der Waals surface area contributed by atoms with Crippen molar-refractivity contribution in [1.82, 2.24) is 5.32 Å². The standard InChI is InChI=1S/C16H31NO4/c1-5-9-20-10-8-16(12-18,13-6-7-13)11-17-14(19)21-15(2,3)4/h13,18H,5-12H2,1-4H3,(H,17,19). The summed E-state index contributed by atoms with van der Waals surface area (Å²) < 4.78 is 10.8. The molecule has 0 aromatic carbocycles. The van der Waals surface area contributed by atoms with E-state index in [0.717, 1.165) is 32.3 Å². The van der Waals surface area contributed by atoms with E-state index < -0.39 is 11.7 Å². The summed E-state index contributed by atoms with van der Waals surface area (Å²) in [5.41, 5.74) is -0.777. The molecular weight excluding hydrogens is 270 g/mol. The molecule has 1 unspecified atom stereocenters. The van der Waals surface area contributed by atoms with Crippen molar-refractivity contribution in [1.29, 1.82) is 0 Å². The van der Waals surface area contributed by atoms with Crippen LogP contribution < -0.4 is 5.32 Å². The highest BCUT2D eigenvalue weighted by molar-refractivity contribution is 5.67. The fraction of sp³-hybridized carbons (Fsp3) is 0.938. The lowest BCUT2D eigenvalue weighted by atomic mass is 9.80. The van der Waals surface area contributed by atoms with Crippen LogP contribution in [0.15, 0.2) is 0 Å². The van der Waals surface area contributed by atoms with E-state index in [4.69, 9.17) is 9.47 Å². The molecule has 1 saturated carbocycles. The molecule has 124 valence electrons. The number of hydrogen-bond donors (Lipinski definition) is 2. The number of carbonyl (C=O) groups excluding carboxylic acids is 1. The van der Waals surface area contributed by atoms with E-state index in [2.05, 4.69) is 12.2 Å². The molecule has 0 heterocycles. The van der Waals surface area contributed by atoms with E-state index in [-0.39, 0.29) is 12.0 Å². The van der Waals surface area contributed by atoms with E-state index in [1.807, 2.05) is 20.8 Å². The minimum absolute atomic E-state index is 0.0724. The van der Waals surface area contributed by atoms with Gasteiger partial charge in [0.25, 0.3) is 0 Å². The largest absolute Gasteiger partial charge is 0.444 e. The second-order valence-corrected chi connectivity index (χ2v) is 7.01. The number of ether oxygens (including phenoxy) is 2. The molecule has 1 aliphatic carbocycles. The Bertz CT molecular complexity index is 323. The summed E-state index contributed by atoms with van der Waals surface area (Å²) in [5.74, 6) is 0.475. The van der Waals surface area contributed by atoms with Gasteiger partial charge in [-0.2, -0.15) is 0 Å². The summed E-state index contributed by atoms with van der Waals surface area (Å²) >= 11 is 0. The lowest BCUT2D eigenvalue weighted by Gasteiger charge is -2.32. The molecule has 0 radical (unpaired) electrons. The molecule has 1 amide bonds. The number of alkyl carbamates (subject to hydrolysis) is 1. The van der Waals surface area contributed by atoms with Crippen molar-refractivity contribution in [3.05, 3.63) is 0 Å². The van der Waals surface area contributed by atoms with Crippen LogP contribution in [0.4, 0.5) is 4.79 Å². The zero-order chi connectivity index (χ0) is 15.9. The highest BCUT2D eigenvalue weighted by Gasteiger charge is 2.44. The first-order chi connectivity index (χ1) is 9.83. The second kappa shape index (κ2) is 7.99. The Labute approximate surface area is 128 Å². The Kier molecular flexibility index (Phi) is 6.94. The second-order valence-electron chi connectivity index (χ2n) is 7.01. The smallest absolute Gasteiger partial charge is 0.407 e. The van der Waals surface area contributed by atoms with Crippen molar-refractivity contribution >= 4 is 6.09 Å².